The molecule has 0 radical (unpaired) electrons. The average Bonchev–Trinajstić information content (AvgIpc) is 2.32. The Kier molecular flexibility index (Phi) is 5.90. The first-order chi connectivity index (χ1) is 7.83. The van der Waals surface area contributed by atoms with Gasteiger partial charge in [0.1, 0.15) is 5.75 Å². The van der Waals surface area contributed by atoms with Crippen LogP contribution in [0.1, 0.15) is 44.7 Å². The molecular weight excluding hydrogens is 200 g/mol. The molecule has 0 saturated carbocycles. The van der Waals surface area contributed by atoms with Crippen molar-refractivity contribution in [2.75, 3.05) is 6.61 Å². The van der Waals surface area contributed by atoms with Gasteiger partial charge in [-0.1, -0.05) is 38.0 Å². The van der Waals surface area contributed by atoms with E-state index >= 15 is 0 Å². The summed E-state index contributed by atoms with van der Waals surface area (Å²) in [6.07, 6.45) is 3.38. The van der Waals surface area contributed by atoms with Crippen LogP contribution in [0, 0.1) is 0 Å². The number of ether oxygens (including phenoxy) is 1. The van der Waals surface area contributed by atoms with Crippen molar-refractivity contribution in [1.82, 2.24) is 5.43 Å². The van der Waals surface area contributed by atoms with Crippen LogP contribution in [0.2, 0.25) is 0 Å². The summed E-state index contributed by atoms with van der Waals surface area (Å²) in [5.41, 5.74) is 4.03. The first-order valence-corrected chi connectivity index (χ1v) is 6.01. The lowest BCUT2D eigenvalue weighted by molar-refractivity contribution is 0.329. The molecule has 3 nitrogen and oxygen atoms in total. The highest BCUT2D eigenvalue weighted by Gasteiger charge is 2.13. The lowest BCUT2D eigenvalue weighted by Gasteiger charge is -2.19. The molecule has 0 fully saturated rings. The van der Waals surface area contributed by atoms with Crippen LogP contribution >= 0.6 is 0 Å². The predicted octanol–water partition coefficient (Wildman–Crippen LogP) is 2.78. The van der Waals surface area contributed by atoms with Crippen LogP contribution < -0.4 is 16.0 Å². The monoisotopic (exact) mass is 222 g/mol. The van der Waals surface area contributed by atoms with Crippen molar-refractivity contribution in [3.63, 3.8) is 0 Å². The first kappa shape index (κ1) is 13.0. The summed E-state index contributed by atoms with van der Waals surface area (Å²) in [4.78, 5) is 0. The lowest BCUT2D eigenvalue weighted by Crippen LogP contribution is -2.28. The molecule has 1 aromatic rings. The minimum Gasteiger partial charge on any atom is -0.494 e. The molecule has 1 aromatic carbocycles. The zero-order valence-corrected chi connectivity index (χ0v) is 10.2. The van der Waals surface area contributed by atoms with E-state index in [-0.39, 0.29) is 6.04 Å². The number of rotatable bonds is 7. The van der Waals surface area contributed by atoms with E-state index in [4.69, 9.17) is 10.6 Å². The molecule has 0 aliphatic carbocycles. The lowest BCUT2D eigenvalue weighted by atomic mass is 10.0. The summed E-state index contributed by atoms with van der Waals surface area (Å²) in [6.45, 7) is 4.86. The number of hydrogen-bond acceptors (Lipinski definition) is 3. The second-order valence-corrected chi connectivity index (χ2v) is 3.83. The minimum absolute atomic E-state index is 0.183. The van der Waals surface area contributed by atoms with Gasteiger partial charge in [-0.25, -0.2) is 0 Å². The topological polar surface area (TPSA) is 47.3 Å². The minimum atomic E-state index is 0.183. The smallest absolute Gasteiger partial charge is 0.124 e. The number of benzene rings is 1. The van der Waals surface area contributed by atoms with Gasteiger partial charge in [0, 0.05) is 11.6 Å². The van der Waals surface area contributed by atoms with Gasteiger partial charge < -0.3 is 4.74 Å². The van der Waals surface area contributed by atoms with Gasteiger partial charge >= 0.3 is 0 Å². The largest absolute Gasteiger partial charge is 0.494 e. The molecule has 1 atom stereocenters. The summed E-state index contributed by atoms with van der Waals surface area (Å²) in [5.74, 6) is 6.54. The van der Waals surface area contributed by atoms with Crippen molar-refractivity contribution in [2.24, 2.45) is 5.84 Å². The van der Waals surface area contributed by atoms with Crippen LogP contribution in [0.15, 0.2) is 24.3 Å². The fraction of sp³-hybridized carbons (Fsp3) is 0.538. The predicted molar refractivity (Wildman–Crippen MR) is 67.2 cm³/mol. The molecule has 3 N–H and O–H groups in total. The molecule has 0 saturated heterocycles. The molecule has 0 amide bonds. The van der Waals surface area contributed by atoms with Crippen molar-refractivity contribution >= 4 is 0 Å². The molecule has 0 bridgehead atoms. The number of hydrogen-bond donors (Lipinski definition) is 2. The van der Waals surface area contributed by atoms with Gasteiger partial charge in [-0.05, 0) is 19.4 Å². The van der Waals surface area contributed by atoms with Crippen LogP contribution in [0.25, 0.3) is 0 Å². The number of hydrazine groups is 1. The van der Waals surface area contributed by atoms with Gasteiger partial charge in [0.25, 0.3) is 0 Å². The van der Waals surface area contributed by atoms with Gasteiger partial charge in [0.2, 0.25) is 0 Å². The molecule has 0 aliphatic heterocycles. The Bertz CT molecular complexity index is 302. The third-order valence-corrected chi connectivity index (χ3v) is 2.64. The van der Waals surface area contributed by atoms with Gasteiger partial charge in [-0.3, -0.25) is 11.3 Å². The Morgan fingerprint density at radius 3 is 2.69 bits per heavy atom. The van der Waals surface area contributed by atoms with Crippen LogP contribution in [0.3, 0.4) is 0 Å². The summed E-state index contributed by atoms with van der Waals surface area (Å²) in [5, 5.41) is 0. The zero-order valence-electron chi connectivity index (χ0n) is 10.2. The van der Waals surface area contributed by atoms with Crippen molar-refractivity contribution in [1.29, 1.82) is 0 Å². The molecule has 3 heteroatoms. The standard InChI is InChI=1S/C13H22N2O/c1-3-5-9-12(15-14)11-8-6-7-10-13(11)16-4-2/h6-8,10,12,15H,3-5,9,14H2,1-2H3. The first-order valence-electron chi connectivity index (χ1n) is 6.01. The van der Waals surface area contributed by atoms with Crippen molar-refractivity contribution in [3.05, 3.63) is 29.8 Å². The molecule has 1 unspecified atom stereocenters. The van der Waals surface area contributed by atoms with Gasteiger partial charge in [0.05, 0.1) is 6.61 Å². The average molecular weight is 222 g/mol. The van der Waals surface area contributed by atoms with E-state index in [2.05, 4.69) is 18.4 Å². The SMILES string of the molecule is CCCCC(NN)c1ccccc1OCC. The van der Waals surface area contributed by atoms with Crippen molar-refractivity contribution in [2.45, 2.75) is 39.2 Å². The molecule has 1 rings (SSSR count). The fourth-order valence-electron chi connectivity index (χ4n) is 1.79. The van der Waals surface area contributed by atoms with Crippen LogP contribution in [0.5, 0.6) is 5.75 Å². The van der Waals surface area contributed by atoms with Gasteiger partial charge in [-0.15, -0.1) is 0 Å². The molecule has 16 heavy (non-hydrogen) atoms. The summed E-state index contributed by atoms with van der Waals surface area (Å²) < 4.78 is 5.60. The highest BCUT2D eigenvalue weighted by Crippen LogP contribution is 2.27. The third-order valence-electron chi connectivity index (χ3n) is 2.64. The fourth-order valence-corrected chi connectivity index (χ4v) is 1.79. The van der Waals surface area contributed by atoms with Crippen LogP contribution in [-0.4, -0.2) is 6.61 Å². The molecule has 90 valence electrons. The quantitative estimate of drug-likeness (QED) is 0.551. The molecule has 0 heterocycles. The Balaban J connectivity index is 2.81. The van der Waals surface area contributed by atoms with E-state index in [0.29, 0.717) is 6.61 Å². The van der Waals surface area contributed by atoms with E-state index < -0.39 is 0 Å². The maximum absolute atomic E-state index is 5.61. The Morgan fingerprint density at radius 2 is 2.06 bits per heavy atom. The summed E-state index contributed by atoms with van der Waals surface area (Å²) in [7, 11) is 0. The van der Waals surface area contributed by atoms with E-state index in [1.165, 1.54) is 6.42 Å². The zero-order chi connectivity index (χ0) is 11.8. The Morgan fingerprint density at radius 1 is 1.31 bits per heavy atom. The van der Waals surface area contributed by atoms with E-state index in [1.807, 2.05) is 25.1 Å². The number of unbranched alkanes of at least 4 members (excludes halogenated alkanes) is 1. The number of para-hydroxylation sites is 1. The number of nitrogens with one attached hydrogen (secondary N) is 1. The van der Waals surface area contributed by atoms with E-state index in [9.17, 15) is 0 Å². The second kappa shape index (κ2) is 7.25. The van der Waals surface area contributed by atoms with E-state index in [0.717, 1.165) is 24.2 Å². The third kappa shape index (κ3) is 3.51. The van der Waals surface area contributed by atoms with Gasteiger partial charge in [0.15, 0.2) is 0 Å². The summed E-state index contributed by atoms with van der Waals surface area (Å²) in [6, 6.07) is 8.26. The second-order valence-electron chi connectivity index (χ2n) is 3.83. The summed E-state index contributed by atoms with van der Waals surface area (Å²) >= 11 is 0. The molecule has 0 aromatic heterocycles. The normalized spacial score (nSPS) is 12.4. The highest BCUT2D eigenvalue weighted by atomic mass is 16.5. The Labute approximate surface area is 98.0 Å². The highest BCUT2D eigenvalue weighted by molar-refractivity contribution is 5.35. The van der Waals surface area contributed by atoms with Crippen molar-refractivity contribution < 1.29 is 4.74 Å². The molecule has 0 aliphatic rings. The maximum Gasteiger partial charge on any atom is 0.124 e. The van der Waals surface area contributed by atoms with Crippen LogP contribution in [-0.2, 0) is 0 Å². The Hall–Kier alpha value is -1.06. The molecule has 0 spiro atoms. The van der Waals surface area contributed by atoms with Crippen LogP contribution in [0.4, 0.5) is 0 Å². The van der Waals surface area contributed by atoms with E-state index in [1.54, 1.807) is 0 Å². The maximum atomic E-state index is 5.61. The molecular formula is C13H22N2O. The number of nitrogens with two attached hydrogens (primary N) is 1. The van der Waals surface area contributed by atoms with Crippen molar-refractivity contribution in [3.8, 4) is 5.75 Å². The van der Waals surface area contributed by atoms with Gasteiger partial charge in [-0.2, -0.15) is 0 Å².